The molecule has 0 saturated carbocycles. The van der Waals surface area contributed by atoms with E-state index >= 15 is 0 Å². The normalized spacial score (nSPS) is 18.7. The second-order valence-corrected chi connectivity index (χ2v) is 20.2. The van der Waals surface area contributed by atoms with E-state index in [4.69, 9.17) is 23.7 Å². The highest BCUT2D eigenvalue weighted by atomic mass is 16.7. The first-order valence-electron chi connectivity index (χ1n) is 30.5. The molecule has 1 aliphatic rings. The van der Waals surface area contributed by atoms with Gasteiger partial charge in [-0.3, -0.25) is 14.4 Å². The maximum Gasteiger partial charge on any atom is 0.335 e. The Morgan fingerprint density at radius 3 is 1.19 bits per heavy atom. The Balaban J connectivity index is 2.74. The molecule has 0 aliphatic carbocycles. The number of hydrogen-bond donors (Lipinski definition) is 3. The summed E-state index contributed by atoms with van der Waals surface area (Å²) < 4.78 is 28.3. The number of aliphatic carboxylic acids is 1. The number of carbonyl (C=O) groups is 4. The molecular formula is C67H106O12. The van der Waals surface area contributed by atoms with Gasteiger partial charge in [0, 0.05) is 19.3 Å². The van der Waals surface area contributed by atoms with Gasteiger partial charge >= 0.3 is 23.9 Å². The zero-order valence-electron chi connectivity index (χ0n) is 49.1. The molecule has 0 radical (unpaired) electrons. The Hall–Kier alpha value is -4.88. The van der Waals surface area contributed by atoms with Gasteiger partial charge in [0.05, 0.1) is 6.61 Å². The second-order valence-electron chi connectivity index (χ2n) is 20.2. The third kappa shape index (κ3) is 43.6. The molecule has 0 bridgehead atoms. The number of carbonyl (C=O) groups excluding carboxylic acids is 3. The molecule has 0 aromatic heterocycles. The van der Waals surface area contributed by atoms with Crippen LogP contribution in [0.1, 0.15) is 226 Å². The predicted molar refractivity (Wildman–Crippen MR) is 321 cm³/mol. The van der Waals surface area contributed by atoms with Gasteiger partial charge in [0.25, 0.3) is 0 Å². The molecule has 0 spiro atoms. The molecule has 12 heteroatoms. The van der Waals surface area contributed by atoms with Gasteiger partial charge in [-0.1, -0.05) is 245 Å². The van der Waals surface area contributed by atoms with Gasteiger partial charge in [-0.15, -0.1) is 0 Å². The summed E-state index contributed by atoms with van der Waals surface area (Å²) in [7, 11) is 0. The first-order valence-corrected chi connectivity index (χ1v) is 30.5. The summed E-state index contributed by atoms with van der Waals surface area (Å²) in [6.07, 6.45) is 62.0. The predicted octanol–water partition coefficient (Wildman–Crippen LogP) is 16.0. The fraction of sp³-hybridized carbons (Fsp3) is 0.642. The van der Waals surface area contributed by atoms with E-state index in [2.05, 4.69) is 112 Å². The number of aliphatic hydroxyl groups is 2. The zero-order valence-corrected chi connectivity index (χ0v) is 49.1. The number of ether oxygens (including phenoxy) is 5. The summed E-state index contributed by atoms with van der Waals surface area (Å²) >= 11 is 0. The summed E-state index contributed by atoms with van der Waals surface area (Å²) in [4.78, 5) is 51.1. The van der Waals surface area contributed by atoms with Crippen molar-refractivity contribution in [1.82, 2.24) is 0 Å². The lowest BCUT2D eigenvalue weighted by molar-refractivity contribution is -0.301. The van der Waals surface area contributed by atoms with Gasteiger partial charge < -0.3 is 39.0 Å². The molecule has 1 saturated heterocycles. The first-order chi connectivity index (χ1) is 38.6. The SMILES string of the molecule is CC/C=C\C/C=C\C/C=C\C/C=C\C/C=C\C/C=C\CCC(=O)OC1C(OCC(COC(=O)CCCCCCCCCCCCCCCCCCC)OC(=O)CC/C=C\C/C=C\C/C=C\C/C=C\CC)OC(C(=O)O)C(O)C1O. The third-order valence-corrected chi connectivity index (χ3v) is 13.1. The monoisotopic (exact) mass is 1100 g/mol. The average molecular weight is 1100 g/mol. The van der Waals surface area contributed by atoms with Crippen LogP contribution in [0.5, 0.6) is 0 Å². The van der Waals surface area contributed by atoms with Crippen LogP contribution in [0.3, 0.4) is 0 Å². The van der Waals surface area contributed by atoms with E-state index in [1.165, 1.54) is 83.5 Å². The second kappa shape index (κ2) is 53.7. The van der Waals surface area contributed by atoms with E-state index < -0.39 is 67.3 Å². The van der Waals surface area contributed by atoms with Gasteiger partial charge in [-0.2, -0.15) is 0 Å². The highest BCUT2D eigenvalue weighted by molar-refractivity contribution is 5.74. The largest absolute Gasteiger partial charge is 0.479 e. The molecule has 0 amide bonds. The van der Waals surface area contributed by atoms with Crippen molar-refractivity contribution in [3.8, 4) is 0 Å². The minimum atomic E-state index is -1.94. The zero-order chi connectivity index (χ0) is 57.5. The van der Waals surface area contributed by atoms with Crippen LogP contribution in [-0.2, 0) is 42.9 Å². The molecule has 1 rings (SSSR count). The number of esters is 3. The smallest absolute Gasteiger partial charge is 0.335 e. The molecule has 1 heterocycles. The summed E-state index contributed by atoms with van der Waals surface area (Å²) in [5.74, 6) is -3.35. The quantitative estimate of drug-likeness (QED) is 0.0228. The number of carboxylic acids is 1. The first kappa shape index (κ1) is 72.1. The molecule has 79 heavy (non-hydrogen) atoms. The minimum absolute atomic E-state index is 0.0286. The molecule has 1 fully saturated rings. The molecule has 6 unspecified atom stereocenters. The molecule has 1 aliphatic heterocycles. The highest BCUT2D eigenvalue weighted by Gasteiger charge is 2.50. The van der Waals surface area contributed by atoms with Crippen LogP contribution < -0.4 is 0 Å². The molecule has 12 nitrogen and oxygen atoms in total. The van der Waals surface area contributed by atoms with Crippen LogP contribution >= 0.6 is 0 Å². The summed E-state index contributed by atoms with van der Waals surface area (Å²) in [6.45, 7) is 5.67. The van der Waals surface area contributed by atoms with E-state index in [9.17, 15) is 34.5 Å². The van der Waals surface area contributed by atoms with Crippen LogP contribution in [-0.4, -0.2) is 89.2 Å². The van der Waals surface area contributed by atoms with Crippen LogP contribution in [0.25, 0.3) is 0 Å². The number of allylic oxidation sites excluding steroid dienone is 20. The van der Waals surface area contributed by atoms with Gasteiger partial charge in [-0.05, 0) is 83.5 Å². The van der Waals surface area contributed by atoms with Crippen molar-refractivity contribution < 1.29 is 58.2 Å². The number of unbranched alkanes of at least 4 members (excludes halogenated alkanes) is 16. The van der Waals surface area contributed by atoms with Crippen LogP contribution in [0.2, 0.25) is 0 Å². The van der Waals surface area contributed by atoms with Crippen LogP contribution in [0.15, 0.2) is 122 Å². The van der Waals surface area contributed by atoms with Crippen molar-refractivity contribution in [2.75, 3.05) is 13.2 Å². The van der Waals surface area contributed by atoms with E-state index in [-0.39, 0.29) is 25.9 Å². The summed E-state index contributed by atoms with van der Waals surface area (Å²) in [6, 6.07) is 0. The lowest BCUT2D eigenvalue weighted by Crippen LogP contribution is -2.61. The Labute approximate surface area is 478 Å². The Bertz CT molecular complexity index is 1840. The van der Waals surface area contributed by atoms with Crippen molar-refractivity contribution in [3.63, 3.8) is 0 Å². The maximum absolute atomic E-state index is 13.1. The molecular weight excluding hydrogens is 997 g/mol. The Morgan fingerprint density at radius 1 is 0.430 bits per heavy atom. The van der Waals surface area contributed by atoms with Crippen molar-refractivity contribution >= 4 is 23.9 Å². The average Bonchev–Trinajstić information content (AvgIpc) is 3.46. The van der Waals surface area contributed by atoms with E-state index in [1.54, 1.807) is 0 Å². The highest BCUT2D eigenvalue weighted by Crippen LogP contribution is 2.26. The standard InChI is InChI=1S/C67H106O12/c1-4-7-10-13-16-19-22-25-27-29-30-32-34-37-40-43-46-49-52-55-61(70)78-65-63(72)62(71)64(66(73)74)79-67(65)76-57-58(77-60(69)54-51-48-45-42-39-35-24-21-18-15-12-9-6-3)56-75-59(68)53-50-47-44-41-38-36-33-31-28-26-23-20-17-14-11-8-5-2/h7,9-10,12,16,18-19,21,25,27,30,32,35,37,39-40,45-46,48-49,58,62-65,67,71-72H,4-6,8,11,13-15,17,20,22-24,26,28-29,31,33-34,36,38,41-44,47,50-57H2,1-3H3,(H,73,74)/b10-7-,12-9-,19-16-,21-18-,27-25-,32-30-,39-35-,40-37-,48-45-,49-46-. The van der Waals surface area contributed by atoms with Crippen LogP contribution in [0.4, 0.5) is 0 Å². The lowest BCUT2D eigenvalue weighted by Gasteiger charge is -2.40. The number of hydrogen-bond acceptors (Lipinski definition) is 11. The number of carboxylic acid groups (broad SMARTS) is 1. The van der Waals surface area contributed by atoms with E-state index in [0.717, 1.165) is 70.6 Å². The number of aliphatic hydroxyl groups excluding tert-OH is 2. The fourth-order valence-electron chi connectivity index (χ4n) is 8.47. The third-order valence-electron chi connectivity index (χ3n) is 13.1. The molecule has 6 atom stereocenters. The topological polar surface area (TPSA) is 175 Å². The minimum Gasteiger partial charge on any atom is -0.479 e. The van der Waals surface area contributed by atoms with Crippen molar-refractivity contribution in [2.45, 2.75) is 263 Å². The van der Waals surface area contributed by atoms with Gasteiger partial charge in [-0.25, -0.2) is 4.79 Å². The Morgan fingerprint density at radius 2 is 0.797 bits per heavy atom. The Kier molecular flexibility index (Phi) is 49.1. The number of rotatable bonds is 50. The summed E-state index contributed by atoms with van der Waals surface area (Å²) in [5, 5.41) is 31.5. The fourth-order valence-corrected chi connectivity index (χ4v) is 8.47. The van der Waals surface area contributed by atoms with Gasteiger partial charge in [0.1, 0.15) is 18.8 Å². The molecule has 446 valence electrons. The van der Waals surface area contributed by atoms with Gasteiger partial charge in [0.2, 0.25) is 0 Å². The van der Waals surface area contributed by atoms with E-state index in [0.29, 0.717) is 32.1 Å². The van der Waals surface area contributed by atoms with Crippen LogP contribution in [0, 0.1) is 0 Å². The maximum atomic E-state index is 13.1. The van der Waals surface area contributed by atoms with Crippen molar-refractivity contribution in [1.29, 1.82) is 0 Å². The molecule has 0 aromatic rings. The van der Waals surface area contributed by atoms with Crippen molar-refractivity contribution in [2.24, 2.45) is 0 Å². The molecule has 0 aromatic carbocycles. The van der Waals surface area contributed by atoms with Crippen molar-refractivity contribution in [3.05, 3.63) is 122 Å². The lowest BCUT2D eigenvalue weighted by atomic mass is 9.98. The molecule has 3 N–H and O–H groups in total. The van der Waals surface area contributed by atoms with E-state index in [1.807, 2.05) is 30.4 Å². The summed E-state index contributed by atoms with van der Waals surface area (Å²) in [5.41, 5.74) is 0. The van der Waals surface area contributed by atoms with Gasteiger partial charge in [0.15, 0.2) is 24.6 Å².